The molecule has 1 aliphatic rings. The van der Waals surface area contributed by atoms with Crippen molar-refractivity contribution in [2.24, 2.45) is 5.92 Å². The number of halogens is 1. The molecule has 1 aromatic rings. The van der Waals surface area contributed by atoms with Gasteiger partial charge in [0.1, 0.15) is 0 Å². The molecule has 3 nitrogen and oxygen atoms in total. The van der Waals surface area contributed by atoms with Crippen molar-refractivity contribution in [3.05, 3.63) is 28.8 Å². The van der Waals surface area contributed by atoms with Gasteiger partial charge in [-0.3, -0.25) is 4.79 Å². The Kier molecular flexibility index (Phi) is 5.78. The lowest BCUT2D eigenvalue weighted by atomic mass is 10.1. The molecule has 1 aliphatic heterocycles. The SMILES string of the molecule is O=C(Nc1ccc(Cl)cc1C#CCCO)C1CCSC1. The van der Waals surface area contributed by atoms with Crippen molar-refractivity contribution >= 4 is 35.0 Å². The molecule has 0 spiro atoms. The minimum absolute atomic E-state index is 0.0224. The number of anilines is 1. The highest BCUT2D eigenvalue weighted by molar-refractivity contribution is 7.99. The quantitative estimate of drug-likeness (QED) is 0.844. The zero-order valence-corrected chi connectivity index (χ0v) is 12.6. The van der Waals surface area contributed by atoms with Gasteiger partial charge in [-0.05, 0) is 30.4 Å². The van der Waals surface area contributed by atoms with Gasteiger partial charge in [0.15, 0.2) is 0 Å². The van der Waals surface area contributed by atoms with Crippen molar-refractivity contribution in [3.63, 3.8) is 0 Å². The number of amides is 1. The Balaban J connectivity index is 2.14. The Labute approximate surface area is 128 Å². The molecule has 0 bridgehead atoms. The van der Waals surface area contributed by atoms with Gasteiger partial charge in [0.05, 0.1) is 12.3 Å². The Hall–Kier alpha value is -1.15. The molecule has 1 saturated heterocycles. The first kappa shape index (κ1) is 15.2. The highest BCUT2D eigenvalue weighted by Crippen LogP contribution is 2.26. The number of hydrogen-bond donors (Lipinski definition) is 2. The monoisotopic (exact) mass is 309 g/mol. The van der Waals surface area contributed by atoms with Crippen molar-refractivity contribution in [2.45, 2.75) is 12.8 Å². The van der Waals surface area contributed by atoms with Crippen LogP contribution in [-0.4, -0.2) is 29.1 Å². The van der Waals surface area contributed by atoms with E-state index in [4.69, 9.17) is 16.7 Å². The van der Waals surface area contributed by atoms with Crippen molar-refractivity contribution in [3.8, 4) is 11.8 Å². The van der Waals surface area contributed by atoms with E-state index >= 15 is 0 Å². The molecule has 1 amide bonds. The van der Waals surface area contributed by atoms with Crippen LogP contribution >= 0.6 is 23.4 Å². The highest BCUT2D eigenvalue weighted by Gasteiger charge is 2.23. The van der Waals surface area contributed by atoms with Crippen LogP contribution in [-0.2, 0) is 4.79 Å². The molecule has 2 N–H and O–H groups in total. The maximum absolute atomic E-state index is 12.1. The molecular weight excluding hydrogens is 294 g/mol. The number of aliphatic hydroxyl groups excluding tert-OH is 1. The van der Waals surface area contributed by atoms with Gasteiger partial charge in [-0.15, -0.1) is 0 Å². The first-order valence-electron chi connectivity index (χ1n) is 6.48. The van der Waals surface area contributed by atoms with Crippen LogP contribution in [0.5, 0.6) is 0 Å². The molecule has 1 unspecified atom stereocenters. The summed E-state index contributed by atoms with van der Waals surface area (Å²) in [5.41, 5.74) is 1.37. The normalized spacial score (nSPS) is 17.4. The number of nitrogens with one attached hydrogen (secondary N) is 1. The number of carbonyl (C=O) groups is 1. The molecule has 106 valence electrons. The molecule has 20 heavy (non-hydrogen) atoms. The number of hydrogen-bond acceptors (Lipinski definition) is 3. The fraction of sp³-hybridized carbons (Fsp3) is 0.400. The summed E-state index contributed by atoms with van der Waals surface area (Å²) in [5.74, 6) is 7.83. The van der Waals surface area contributed by atoms with E-state index in [0.29, 0.717) is 22.7 Å². The standard InChI is InChI=1S/C15H16ClNO2S/c16-13-4-5-14(11(9-13)3-1-2-7-18)17-15(19)12-6-8-20-10-12/h4-5,9,12,18H,2,6-8,10H2,(H,17,19). The van der Waals surface area contributed by atoms with E-state index in [1.807, 2.05) is 0 Å². The van der Waals surface area contributed by atoms with E-state index in [1.165, 1.54) is 0 Å². The van der Waals surface area contributed by atoms with E-state index in [0.717, 1.165) is 17.9 Å². The molecule has 1 fully saturated rings. The van der Waals surface area contributed by atoms with Crippen LogP contribution in [0.25, 0.3) is 0 Å². The summed E-state index contributed by atoms with van der Waals surface area (Å²) in [6.45, 7) is 0.0224. The van der Waals surface area contributed by atoms with Gasteiger partial charge in [-0.1, -0.05) is 23.4 Å². The summed E-state index contributed by atoms with van der Waals surface area (Å²) in [6, 6.07) is 5.23. The van der Waals surface area contributed by atoms with Crippen molar-refractivity contribution in [1.82, 2.24) is 0 Å². The predicted molar refractivity (Wildman–Crippen MR) is 84.1 cm³/mol. The summed E-state index contributed by atoms with van der Waals surface area (Å²) in [6.07, 6.45) is 1.33. The van der Waals surface area contributed by atoms with Crippen LogP contribution in [0.4, 0.5) is 5.69 Å². The third kappa shape index (κ3) is 4.17. The molecule has 1 heterocycles. The second-order valence-corrected chi connectivity index (χ2v) is 6.10. The van der Waals surface area contributed by atoms with Crippen LogP contribution in [0.15, 0.2) is 18.2 Å². The van der Waals surface area contributed by atoms with Gasteiger partial charge < -0.3 is 10.4 Å². The molecule has 1 atom stereocenters. The van der Waals surface area contributed by atoms with Crippen LogP contribution < -0.4 is 5.32 Å². The predicted octanol–water partition coefficient (Wildman–Crippen LogP) is 2.77. The summed E-state index contributed by atoms with van der Waals surface area (Å²) in [5, 5.41) is 12.3. The fourth-order valence-corrected chi connectivity index (χ4v) is 3.31. The first-order chi connectivity index (χ1) is 9.70. The second-order valence-electron chi connectivity index (χ2n) is 4.52. The molecule has 2 rings (SSSR count). The van der Waals surface area contributed by atoms with Gasteiger partial charge in [0.2, 0.25) is 5.91 Å². The Morgan fingerprint density at radius 1 is 1.55 bits per heavy atom. The van der Waals surface area contributed by atoms with Crippen LogP contribution in [0, 0.1) is 17.8 Å². The van der Waals surface area contributed by atoms with Crippen LogP contribution in [0.3, 0.4) is 0 Å². The molecular formula is C15H16ClNO2S. The summed E-state index contributed by atoms with van der Waals surface area (Å²) >= 11 is 7.77. The van der Waals surface area contributed by atoms with Crippen molar-refractivity contribution in [1.29, 1.82) is 0 Å². The maximum atomic E-state index is 12.1. The third-order valence-corrected chi connectivity index (χ3v) is 4.40. The number of thioether (sulfide) groups is 1. The van der Waals surface area contributed by atoms with E-state index in [2.05, 4.69) is 17.2 Å². The molecule has 1 aromatic carbocycles. The number of benzene rings is 1. The minimum Gasteiger partial charge on any atom is -0.395 e. The van der Waals surface area contributed by atoms with Gasteiger partial charge >= 0.3 is 0 Å². The number of aliphatic hydroxyl groups is 1. The molecule has 0 saturated carbocycles. The Morgan fingerprint density at radius 3 is 3.10 bits per heavy atom. The number of rotatable bonds is 3. The van der Waals surface area contributed by atoms with Crippen LogP contribution in [0.1, 0.15) is 18.4 Å². The smallest absolute Gasteiger partial charge is 0.228 e. The average molecular weight is 310 g/mol. The van der Waals surface area contributed by atoms with E-state index in [-0.39, 0.29) is 18.4 Å². The Bertz CT molecular complexity index is 545. The molecule has 0 radical (unpaired) electrons. The molecule has 0 aromatic heterocycles. The molecule has 5 heteroatoms. The van der Waals surface area contributed by atoms with Gasteiger partial charge in [0, 0.05) is 28.7 Å². The van der Waals surface area contributed by atoms with E-state index in [1.54, 1.807) is 30.0 Å². The van der Waals surface area contributed by atoms with Gasteiger partial charge in [-0.2, -0.15) is 11.8 Å². The van der Waals surface area contributed by atoms with Gasteiger partial charge in [-0.25, -0.2) is 0 Å². The summed E-state index contributed by atoms with van der Waals surface area (Å²) in [7, 11) is 0. The first-order valence-corrected chi connectivity index (χ1v) is 8.02. The maximum Gasteiger partial charge on any atom is 0.228 e. The van der Waals surface area contributed by atoms with Crippen molar-refractivity contribution in [2.75, 3.05) is 23.4 Å². The summed E-state index contributed by atoms with van der Waals surface area (Å²) in [4.78, 5) is 12.1. The molecule has 0 aliphatic carbocycles. The minimum atomic E-state index is 0.0224. The summed E-state index contributed by atoms with van der Waals surface area (Å²) < 4.78 is 0. The lowest BCUT2D eigenvalue weighted by Gasteiger charge is -2.11. The third-order valence-electron chi connectivity index (χ3n) is 3.00. The Morgan fingerprint density at radius 2 is 2.40 bits per heavy atom. The van der Waals surface area contributed by atoms with E-state index in [9.17, 15) is 4.79 Å². The topological polar surface area (TPSA) is 49.3 Å². The average Bonchev–Trinajstić information content (AvgIpc) is 2.96. The largest absolute Gasteiger partial charge is 0.395 e. The zero-order chi connectivity index (χ0) is 14.4. The number of carbonyl (C=O) groups excluding carboxylic acids is 1. The lowest BCUT2D eigenvalue weighted by molar-refractivity contribution is -0.119. The van der Waals surface area contributed by atoms with E-state index < -0.39 is 0 Å². The second kappa shape index (κ2) is 7.58. The van der Waals surface area contributed by atoms with Gasteiger partial charge in [0.25, 0.3) is 0 Å². The van der Waals surface area contributed by atoms with Crippen molar-refractivity contribution < 1.29 is 9.90 Å². The zero-order valence-electron chi connectivity index (χ0n) is 11.0. The highest BCUT2D eigenvalue weighted by atomic mass is 35.5. The fourth-order valence-electron chi connectivity index (χ4n) is 1.92. The lowest BCUT2D eigenvalue weighted by Crippen LogP contribution is -2.22. The van der Waals surface area contributed by atoms with Crippen LogP contribution in [0.2, 0.25) is 5.02 Å².